The fraction of sp³-hybridized carbons (Fsp3) is 0.929. The van der Waals surface area contributed by atoms with Crippen molar-refractivity contribution in [2.24, 2.45) is 0 Å². The smallest absolute Gasteiger partial charge is 0.412 e. The van der Waals surface area contributed by atoms with Gasteiger partial charge in [-0.25, -0.2) is 4.79 Å². The lowest BCUT2D eigenvalue weighted by Crippen LogP contribution is -2.58. The van der Waals surface area contributed by atoms with Crippen molar-refractivity contribution in [3.05, 3.63) is 0 Å². The van der Waals surface area contributed by atoms with Gasteiger partial charge in [0.05, 0.1) is 44.0 Å². The van der Waals surface area contributed by atoms with Crippen molar-refractivity contribution in [3.63, 3.8) is 0 Å². The second-order valence-corrected chi connectivity index (χ2v) is 18.4. The van der Waals surface area contributed by atoms with E-state index in [1.165, 1.54) is 0 Å². The highest BCUT2D eigenvalue weighted by Gasteiger charge is 2.53. The first-order valence-electron chi connectivity index (χ1n) is 14.1. The molecule has 0 spiro atoms. The Bertz CT molecular complexity index is 755. The van der Waals surface area contributed by atoms with Crippen molar-refractivity contribution in [3.8, 4) is 0 Å². The average molecular weight is 544 g/mol. The number of nitrogens with zero attached hydrogens (tertiary/aromatic N) is 1. The van der Waals surface area contributed by atoms with Crippen molar-refractivity contribution >= 4 is 20.4 Å². The molecule has 4 atom stereocenters. The second-order valence-electron chi connectivity index (χ2n) is 13.0. The van der Waals surface area contributed by atoms with Gasteiger partial charge in [-0.3, -0.25) is 9.69 Å². The van der Waals surface area contributed by atoms with E-state index < -0.39 is 25.7 Å². The molecule has 0 aromatic carbocycles. The van der Waals surface area contributed by atoms with E-state index in [0.717, 1.165) is 0 Å². The van der Waals surface area contributed by atoms with Crippen molar-refractivity contribution in [1.82, 2.24) is 4.90 Å². The normalized spacial score (nSPS) is 26.7. The Morgan fingerprint density at radius 3 is 2.08 bits per heavy atom. The number of carbonyl (C=O) groups excluding carboxylic acids is 2. The SMILES string of the molecule is CCOC(=O)C[C@@H]1C[C@@H](O[Si](C(C)C)(C(C)C)C(C)C)C[C@H]([C@@H]2COC(C)(C)N2C(=O)OC(C)(C)C)O1. The molecule has 0 aromatic rings. The zero-order valence-corrected chi connectivity index (χ0v) is 26.4. The lowest BCUT2D eigenvalue weighted by Gasteiger charge is -2.48. The molecule has 0 radical (unpaired) electrons. The van der Waals surface area contributed by atoms with Crippen LogP contribution < -0.4 is 0 Å². The van der Waals surface area contributed by atoms with E-state index in [1.54, 1.807) is 11.8 Å². The van der Waals surface area contributed by atoms with E-state index >= 15 is 0 Å². The van der Waals surface area contributed by atoms with Crippen LogP contribution in [0.25, 0.3) is 0 Å². The van der Waals surface area contributed by atoms with Crippen LogP contribution in [0.5, 0.6) is 0 Å². The Morgan fingerprint density at radius 2 is 1.59 bits per heavy atom. The van der Waals surface area contributed by atoms with Gasteiger partial charge in [0.2, 0.25) is 8.32 Å². The summed E-state index contributed by atoms with van der Waals surface area (Å²) in [4.78, 5) is 27.4. The molecule has 0 aromatic heterocycles. The van der Waals surface area contributed by atoms with E-state index in [-0.39, 0.29) is 36.7 Å². The van der Waals surface area contributed by atoms with Gasteiger partial charge < -0.3 is 23.4 Å². The fourth-order valence-electron chi connectivity index (χ4n) is 6.36. The molecule has 2 heterocycles. The van der Waals surface area contributed by atoms with Crippen LogP contribution in [0.4, 0.5) is 4.79 Å². The molecule has 2 fully saturated rings. The highest BCUT2D eigenvalue weighted by atomic mass is 28.4. The topological polar surface area (TPSA) is 83.5 Å². The zero-order chi connectivity index (χ0) is 28.3. The number of rotatable bonds is 9. The molecule has 2 rings (SSSR count). The molecular weight excluding hydrogens is 490 g/mol. The maximum Gasteiger partial charge on any atom is 0.412 e. The molecule has 2 aliphatic rings. The van der Waals surface area contributed by atoms with Crippen LogP contribution in [-0.2, 0) is 28.2 Å². The highest BCUT2D eigenvalue weighted by Crippen LogP contribution is 2.45. The first-order valence-corrected chi connectivity index (χ1v) is 16.2. The van der Waals surface area contributed by atoms with Crippen LogP contribution >= 0.6 is 0 Å². The Labute approximate surface area is 226 Å². The lowest BCUT2D eigenvalue weighted by molar-refractivity contribution is -0.156. The molecule has 2 saturated heterocycles. The number of hydrogen-bond acceptors (Lipinski definition) is 7. The summed E-state index contributed by atoms with van der Waals surface area (Å²) in [6, 6.07) is -0.353. The van der Waals surface area contributed by atoms with Crippen molar-refractivity contribution < 1.29 is 33.0 Å². The Morgan fingerprint density at radius 1 is 1.03 bits per heavy atom. The van der Waals surface area contributed by atoms with Crippen LogP contribution in [0.2, 0.25) is 16.6 Å². The number of ether oxygens (including phenoxy) is 4. The van der Waals surface area contributed by atoms with Crippen LogP contribution in [0.15, 0.2) is 0 Å². The predicted molar refractivity (Wildman–Crippen MR) is 147 cm³/mol. The molecule has 1 amide bonds. The van der Waals surface area contributed by atoms with Gasteiger partial charge in [0, 0.05) is 6.42 Å². The number of amides is 1. The largest absolute Gasteiger partial charge is 0.466 e. The quantitative estimate of drug-likeness (QED) is 0.245. The van der Waals surface area contributed by atoms with Crippen LogP contribution in [-0.4, -0.2) is 74.2 Å². The summed E-state index contributed by atoms with van der Waals surface area (Å²) in [5, 5.41) is 0. The van der Waals surface area contributed by atoms with Gasteiger partial charge in [0.15, 0.2) is 0 Å². The van der Waals surface area contributed by atoms with E-state index in [0.29, 0.717) is 42.7 Å². The second kappa shape index (κ2) is 12.3. The van der Waals surface area contributed by atoms with Crippen molar-refractivity contribution in [2.45, 2.75) is 155 Å². The molecular formula is C28H53NO7Si. The summed E-state index contributed by atoms with van der Waals surface area (Å²) < 4.78 is 30.8. The molecule has 0 aliphatic carbocycles. The van der Waals surface area contributed by atoms with E-state index in [4.69, 9.17) is 23.4 Å². The molecule has 0 N–H and O–H groups in total. The van der Waals surface area contributed by atoms with E-state index in [9.17, 15) is 9.59 Å². The summed E-state index contributed by atoms with van der Waals surface area (Å²) in [5.74, 6) is -0.279. The standard InChI is InChI=1S/C28H53NO7Si/c1-13-32-25(30)16-21-14-22(36-37(18(2)3,19(4)5)20(6)7)15-24(34-21)23-17-33-28(11,12)29(23)26(31)35-27(8,9)10/h18-24H,13-17H2,1-12H3/t21-,22+,23-,24+/m0/s1. The zero-order valence-electron chi connectivity index (χ0n) is 25.4. The third-order valence-electron chi connectivity index (χ3n) is 7.70. The van der Waals surface area contributed by atoms with Crippen LogP contribution in [0, 0.1) is 0 Å². The maximum atomic E-state index is 13.3. The van der Waals surface area contributed by atoms with Gasteiger partial charge in [-0.15, -0.1) is 0 Å². The molecule has 37 heavy (non-hydrogen) atoms. The van der Waals surface area contributed by atoms with E-state index in [1.807, 2.05) is 34.6 Å². The summed E-state index contributed by atoms with van der Waals surface area (Å²) in [6.45, 7) is 25.4. The molecule has 0 bridgehead atoms. The first-order chi connectivity index (χ1) is 16.9. The average Bonchev–Trinajstić information content (AvgIpc) is 3.05. The van der Waals surface area contributed by atoms with Crippen LogP contribution in [0.3, 0.4) is 0 Å². The molecule has 0 saturated carbocycles. The molecule has 0 unspecified atom stereocenters. The third kappa shape index (κ3) is 7.70. The predicted octanol–water partition coefficient (Wildman–Crippen LogP) is 6.42. The fourth-order valence-corrected chi connectivity index (χ4v) is 11.9. The Kier molecular flexibility index (Phi) is 10.7. The Balaban J connectivity index is 2.40. The number of esters is 1. The minimum absolute atomic E-state index is 0.0822. The third-order valence-corrected chi connectivity index (χ3v) is 13.9. The lowest BCUT2D eigenvalue weighted by atomic mass is 9.94. The molecule has 9 heteroatoms. The van der Waals surface area contributed by atoms with Crippen molar-refractivity contribution in [2.75, 3.05) is 13.2 Å². The maximum absolute atomic E-state index is 13.3. The summed E-state index contributed by atoms with van der Waals surface area (Å²) >= 11 is 0. The van der Waals surface area contributed by atoms with Gasteiger partial charge in [0.1, 0.15) is 11.3 Å². The first kappa shape index (κ1) is 32.1. The molecule has 8 nitrogen and oxygen atoms in total. The summed E-state index contributed by atoms with van der Waals surface area (Å²) in [6.07, 6.45) is 0.192. The minimum atomic E-state index is -2.18. The number of hydrogen-bond donors (Lipinski definition) is 0. The van der Waals surface area contributed by atoms with Gasteiger partial charge >= 0.3 is 12.1 Å². The summed E-state index contributed by atoms with van der Waals surface area (Å²) in [7, 11) is -2.18. The van der Waals surface area contributed by atoms with Gasteiger partial charge in [-0.2, -0.15) is 0 Å². The van der Waals surface area contributed by atoms with E-state index in [2.05, 4.69) is 41.5 Å². The molecule has 216 valence electrons. The van der Waals surface area contributed by atoms with Crippen LogP contribution in [0.1, 0.15) is 102 Å². The van der Waals surface area contributed by atoms with Gasteiger partial charge in [-0.1, -0.05) is 41.5 Å². The van der Waals surface area contributed by atoms with Crippen molar-refractivity contribution in [1.29, 1.82) is 0 Å². The summed E-state index contributed by atoms with van der Waals surface area (Å²) in [5.41, 5.74) is -0.173. The minimum Gasteiger partial charge on any atom is -0.466 e. The highest BCUT2D eigenvalue weighted by molar-refractivity contribution is 6.77. The number of carbonyl (C=O) groups is 2. The molecule has 2 aliphatic heterocycles. The Hall–Kier alpha value is -1.16. The van der Waals surface area contributed by atoms with Gasteiger partial charge in [0.25, 0.3) is 0 Å². The monoisotopic (exact) mass is 543 g/mol. The van der Waals surface area contributed by atoms with Gasteiger partial charge in [-0.05, 0) is 64.6 Å².